The van der Waals surface area contributed by atoms with Gasteiger partial charge in [0.25, 0.3) is 0 Å². The molecule has 0 radical (unpaired) electrons. The minimum absolute atomic E-state index is 0.478. The third-order valence-corrected chi connectivity index (χ3v) is 10.6. The first-order valence-corrected chi connectivity index (χ1v) is 17.8. The zero-order chi connectivity index (χ0) is 31.3. The number of aromatic amines is 1. The van der Waals surface area contributed by atoms with Crippen LogP contribution in [-0.4, -0.2) is 28.0 Å². The number of hydrogen-bond acceptors (Lipinski definition) is 2. The number of nitrogens with zero attached hydrogens (tertiary/aromatic N) is 1. The van der Waals surface area contributed by atoms with Gasteiger partial charge >= 0.3 is 0 Å². The monoisotopic (exact) mass is 601 g/mol. The standard InChI is InChI=1S/C42H55N3/c1-29(2)25-42-31(4)43-30(3)40(42)16-9-11-33-17-19-34(20-18-33)26-35-21-24-41-32(5)45(28-36(41)27-35)39-15-10-14-38(22-23-39)44-37-12-7-6-8-13-37/h16-21,24-25,27,29,37-39,43-44H,3-15,22-23,26,28H2,1-2H3/b40-16-,42-25-. The molecular weight excluding hydrogens is 546 g/mol. The Bertz CT molecular complexity index is 1690. The molecule has 0 spiro atoms. The van der Waals surface area contributed by atoms with Gasteiger partial charge in [-0.25, -0.2) is 0 Å². The highest BCUT2D eigenvalue weighted by Gasteiger charge is 2.31. The predicted octanol–water partition coefficient (Wildman–Crippen LogP) is 6.69. The van der Waals surface area contributed by atoms with Crippen molar-refractivity contribution in [1.82, 2.24) is 15.2 Å². The molecule has 238 valence electrons. The summed E-state index contributed by atoms with van der Waals surface area (Å²) in [6.45, 7) is 18.4. The highest BCUT2D eigenvalue weighted by Crippen LogP contribution is 2.37. The average Bonchev–Trinajstić information content (AvgIpc) is 3.36. The van der Waals surface area contributed by atoms with Crippen molar-refractivity contribution in [2.45, 2.75) is 122 Å². The Kier molecular flexibility index (Phi) is 10.1. The second-order valence-corrected chi connectivity index (χ2v) is 14.5. The van der Waals surface area contributed by atoms with Gasteiger partial charge in [0.1, 0.15) is 0 Å². The van der Waals surface area contributed by atoms with E-state index in [1.807, 2.05) is 0 Å². The first kappa shape index (κ1) is 31.7. The van der Waals surface area contributed by atoms with E-state index in [0.717, 1.165) is 42.5 Å². The van der Waals surface area contributed by atoms with Crippen LogP contribution in [0.1, 0.15) is 112 Å². The molecular formula is C42H55N3. The van der Waals surface area contributed by atoms with Crippen LogP contribution in [0.4, 0.5) is 0 Å². The quantitative estimate of drug-likeness (QED) is 0.268. The number of nitrogens with one attached hydrogen (secondary N) is 2. The lowest BCUT2D eigenvalue weighted by Gasteiger charge is -2.30. The Hall–Kier alpha value is -3.30. The fourth-order valence-corrected chi connectivity index (χ4v) is 8.16. The van der Waals surface area contributed by atoms with Gasteiger partial charge in [0.05, 0.1) is 0 Å². The van der Waals surface area contributed by atoms with Crippen LogP contribution in [0.5, 0.6) is 0 Å². The van der Waals surface area contributed by atoms with Crippen LogP contribution in [0.3, 0.4) is 0 Å². The lowest BCUT2D eigenvalue weighted by Crippen LogP contribution is -2.39. The molecule has 2 aromatic carbocycles. The van der Waals surface area contributed by atoms with Crippen molar-refractivity contribution in [1.29, 1.82) is 0 Å². The molecule has 2 fully saturated rings. The van der Waals surface area contributed by atoms with E-state index in [1.54, 1.807) is 0 Å². The van der Waals surface area contributed by atoms with E-state index < -0.39 is 0 Å². The van der Waals surface area contributed by atoms with Crippen molar-refractivity contribution in [3.8, 4) is 0 Å². The molecule has 3 aromatic rings. The summed E-state index contributed by atoms with van der Waals surface area (Å²) < 4.78 is 0. The van der Waals surface area contributed by atoms with E-state index in [-0.39, 0.29) is 0 Å². The number of rotatable bonds is 9. The van der Waals surface area contributed by atoms with Gasteiger partial charge in [-0.15, -0.1) is 0 Å². The SMILES string of the molecule is C=C1c2ccc(Cc3ccc(CC/C=c4/c(=C)[nH]c(=C)/c4=C/C(C)C)cc3)cc2CN1C1CCCC(NC2CCCCC2)CC1. The van der Waals surface area contributed by atoms with E-state index in [2.05, 4.69) is 103 Å². The van der Waals surface area contributed by atoms with Crippen molar-refractivity contribution in [2.24, 2.45) is 5.92 Å². The molecule has 2 saturated carbocycles. The number of benzene rings is 2. The number of fused-ring (bicyclic) bond motifs is 1. The maximum Gasteiger partial charge on any atom is 0.0439 e. The van der Waals surface area contributed by atoms with Gasteiger partial charge in [-0.05, 0) is 92.4 Å². The Morgan fingerprint density at radius 1 is 0.800 bits per heavy atom. The lowest BCUT2D eigenvalue weighted by atomic mass is 9.94. The molecule has 2 N–H and O–H groups in total. The molecule has 1 aromatic heterocycles. The van der Waals surface area contributed by atoms with Crippen LogP contribution < -0.4 is 26.5 Å². The Labute approximate surface area is 271 Å². The van der Waals surface area contributed by atoms with E-state index in [4.69, 9.17) is 0 Å². The van der Waals surface area contributed by atoms with E-state index in [1.165, 1.54) is 108 Å². The zero-order valence-electron chi connectivity index (χ0n) is 28.0. The Balaban J connectivity index is 1.04. The molecule has 45 heavy (non-hydrogen) atoms. The third kappa shape index (κ3) is 7.75. The molecule has 0 bridgehead atoms. The smallest absolute Gasteiger partial charge is 0.0439 e. The zero-order valence-corrected chi connectivity index (χ0v) is 28.0. The van der Waals surface area contributed by atoms with Gasteiger partial charge in [-0.3, -0.25) is 0 Å². The van der Waals surface area contributed by atoms with Gasteiger partial charge in [-0.2, -0.15) is 0 Å². The van der Waals surface area contributed by atoms with Gasteiger partial charge < -0.3 is 15.2 Å². The number of H-pyrrole nitrogens is 1. The van der Waals surface area contributed by atoms with Crippen molar-refractivity contribution in [3.63, 3.8) is 0 Å². The maximum atomic E-state index is 4.58. The molecule has 2 aliphatic carbocycles. The molecule has 2 atom stereocenters. The summed E-state index contributed by atoms with van der Waals surface area (Å²) in [5.74, 6) is 0.478. The second-order valence-electron chi connectivity index (χ2n) is 14.5. The summed E-state index contributed by atoms with van der Waals surface area (Å²) in [7, 11) is 0. The Morgan fingerprint density at radius 3 is 2.27 bits per heavy atom. The molecule has 3 aliphatic rings. The first-order chi connectivity index (χ1) is 21.8. The highest BCUT2D eigenvalue weighted by atomic mass is 15.2. The van der Waals surface area contributed by atoms with Crippen molar-refractivity contribution in [2.75, 3.05) is 0 Å². The highest BCUT2D eigenvalue weighted by molar-refractivity contribution is 5.69. The van der Waals surface area contributed by atoms with Crippen molar-refractivity contribution in [3.05, 3.63) is 98.0 Å². The molecule has 3 nitrogen and oxygen atoms in total. The molecule has 2 unspecified atom stereocenters. The van der Waals surface area contributed by atoms with Gasteiger partial charge in [-0.1, -0.05) is 107 Å². The summed E-state index contributed by atoms with van der Waals surface area (Å²) in [4.78, 5) is 5.95. The summed E-state index contributed by atoms with van der Waals surface area (Å²) in [5.41, 5.74) is 8.21. The maximum absolute atomic E-state index is 4.58. The van der Waals surface area contributed by atoms with E-state index >= 15 is 0 Å². The molecule has 0 saturated heterocycles. The first-order valence-electron chi connectivity index (χ1n) is 17.8. The van der Waals surface area contributed by atoms with Gasteiger partial charge in [0, 0.05) is 57.1 Å². The number of hydrogen-bond donors (Lipinski definition) is 2. The van der Waals surface area contributed by atoms with Crippen molar-refractivity contribution < 1.29 is 0 Å². The Morgan fingerprint density at radius 2 is 1.49 bits per heavy atom. The molecule has 0 amide bonds. The normalized spacial score (nSPS) is 21.9. The predicted molar refractivity (Wildman–Crippen MR) is 193 cm³/mol. The molecule has 6 rings (SSSR count). The van der Waals surface area contributed by atoms with E-state index in [0.29, 0.717) is 18.0 Å². The topological polar surface area (TPSA) is 31.1 Å². The van der Waals surface area contributed by atoms with Crippen LogP contribution in [0.2, 0.25) is 0 Å². The van der Waals surface area contributed by atoms with E-state index in [9.17, 15) is 0 Å². The molecule has 3 heteroatoms. The summed E-state index contributed by atoms with van der Waals surface area (Å²) in [6.07, 6.45) is 21.1. The average molecular weight is 602 g/mol. The van der Waals surface area contributed by atoms with Gasteiger partial charge in [0.15, 0.2) is 0 Å². The van der Waals surface area contributed by atoms with Crippen LogP contribution in [0.15, 0.2) is 49.0 Å². The molecule has 2 heterocycles. The minimum Gasteiger partial charge on any atom is -0.364 e. The fraction of sp³-hybridized carbons (Fsp3) is 0.476. The molecule has 1 aliphatic heterocycles. The van der Waals surface area contributed by atoms with Crippen LogP contribution >= 0.6 is 0 Å². The summed E-state index contributed by atoms with van der Waals surface area (Å²) >= 11 is 0. The third-order valence-electron chi connectivity index (χ3n) is 10.6. The number of aryl methyl sites for hydroxylation is 1. The van der Waals surface area contributed by atoms with Gasteiger partial charge in [0.2, 0.25) is 0 Å². The second kappa shape index (κ2) is 14.4. The summed E-state index contributed by atoms with van der Waals surface area (Å²) in [6, 6.07) is 18.4. The summed E-state index contributed by atoms with van der Waals surface area (Å²) in [5, 5.41) is 8.39. The largest absolute Gasteiger partial charge is 0.364 e. The van der Waals surface area contributed by atoms with Crippen molar-refractivity contribution >= 4 is 31.0 Å². The lowest BCUT2D eigenvalue weighted by molar-refractivity contribution is 0.267. The fourth-order valence-electron chi connectivity index (χ4n) is 8.16. The van der Waals surface area contributed by atoms with Crippen LogP contribution in [0.25, 0.3) is 31.0 Å². The van der Waals surface area contributed by atoms with Crippen LogP contribution in [-0.2, 0) is 19.4 Å². The minimum atomic E-state index is 0.478. The van der Waals surface area contributed by atoms with Crippen LogP contribution in [0, 0.1) is 5.92 Å². The number of aromatic nitrogens is 1.